The van der Waals surface area contributed by atoms with Crippen molar-refractivity contribution in [3.8, 4) is 5.75 Å². The number of aryl methyl sites for hydroxylation is 1. The zero-order chi connectivity index (χ0) is 16.6. The Morgan fingerprint density at radius 2 is 1.87 bits per heavy atom. The number of hydrogen-bond acceptors (Lipinski definition) is 4. The number of aromatic hydroxyl groups is 1. The van der Waals surface area contributed by atoms with E-state index in [0.29, 0.717) is 17.4 Å². The van der Waals surface area contributed by atoms with E-state index in [1.807, 2.05) is 13.0 Å². The van der Waals surface area contributed by atoms with Crippen LogP contribution >= 0.6 is 0 Å². The zero-order valence-electron chi connectivity index (χ0n) is 14.1. The Labute approximate surface area is 136 Å². The molecule has 23 heavy (non-hydrogen) atoms. The second-order valence-corrected chi connectivity index (χ2v) is 7.06. The van der Waals surface area contributed by atoms with Crippen molar-refractivity contribution in [2.45, 2.75) is 40.2 Å². The lowest BCUT2D eigenvalue weighted by Crippen LogP contribution is -2.38. The largest absolute Gasteiger partial charge is 0.508 e. The van der Waals surface area contributed by atoms with Crippen LogP contribution in [0.3, 0.4) is 0 Å². The summed E-state index contributed by atoms with van der Waals surface area (Å²) >= 11 is 0. The summed E-state index contributed by atoms with van der Waals surface area (Å²) < 4.78 is 5.28. The van der Waals surface area contributed by atoms with Crippen molar-refractivity contribution >= 4 is 11.0 Å². The fourth-order valence-corrected chi connectivity index (χ4v) is 3.88. The Kier molecular flexibility index (Phi) is 4.44. The van der Waals surface area contributed by atoms with Gasteiger partial charge in [0.25, 0.3) is 0 Å². The first kappa shape index (κ1) is 16.1. The summed E-state index contributed by atoms with van der Waals surface area (Å²) in [7, 11) is 0. The lowest BCUT2D eigenvalue weighted by atomic mass is 9.91. The van der Waals surface area contributed by atoms with Crippen LogP contribution in [0.25, 0.3) is 11.0 Å². The minimum absolute atomic E-state index is 0.195. The van der Waals surface area contributed by atoms with Crippen LogP contribution in [0.1, 0.15) is 38.3 Å². The SMILES string of the molecule is CCc1cc2c(CN3C[C@H](C)C[C@@H](C)C3)cc(=O)oc2cc1O. The molecule has 2 heterocycles. The van der Waals surface area contributed by atoms with Gasteiger partial charge in [-0.25, -0.2) is 4.79 Å². The van der Waals surface area contributed by atoms with Crippen LogP contribution in [-0.4, -0.2) is 23.1 Å². The topological polar surface area (TPSA) is 53.7 Å². The molecule has 0 saturated carbocycles. The molecule has 4 nitrogen and oxygen atoms in total. The van der Waals surface area contributed by atoms with Crippen molar-refractivity contribution in [2.24, 2.45) is 11.8 Å². The molecule has 1 aromatic carbocycles. The maximum Gasteiger partial charge on any atom is 0.336 e. The number of rotatable bonds is 3. The summed E-state index contributed by atoms with van der Waals surface area (Å²) in [6.07, 6.45) is 2.01. The van der Waals surface area contributed by atoms with Crippen molar-refractivity contribution in [3.63, 3.8) is 0 Å². The molecule has 1 aromatic heterocycles. The van der Waals surface area contributed by atoms with Crippen molar-refractivity contribution < 1.29 is 9.52 Å². The van der Waals surface area contributed by atoms with Gasteiger partial charge in [0.2, 0.25) is 0 Å². The molecule has 0 spiro atoms. The number of fused-ring (bicyclic) bond motifs is 1. The van der Waals surface area contributed by atoms with E-state index >= 15 is 0 Å². The quantitative estimate of drug-likeness (QED) is 0.880. The first-order valence-electron chi connectivity index (χ1n) is 8.47. The Bertz CT molecular complexity index is 755. The van der Waals surface area contributed by atoms with Gasteiger partial charge >= 0.3 is 5.63 Å². The molecule has 0 amide bonds. The predicted octanol–water partition coefficient (Wildman–Crippen LogP) is 3.54. The van der Waals surface area contributed by atoms with E-state index in [9.17, 15) is 9.90 Å². The zero-order valence-corrected chi connectivity index (χ0v) is 14.1. The first-order valence-corrected chi connectivity index (χ1v) is 8.47. The van der Waals surface area contributed by atoms with Gasteiger partial charge in [0.1, 0.15) is 11.3 Å². The predicted molar refractivity (Wildman–Crippen MR) is 91.7 cm³/mol. The van der Waals surface area contributed by atoms with E-state index in [0.717, 1.165) is 42.6 Å². The van der Waals surface area contributed by atoms with Crippen molar-refractivity contribution in [1.82, 2.24) is 4.90 Å². The van der Waals surface area contributed by atoms with Crippen LogP contribution in [0, 0.1) is 11.8 Å². The summed E-state index contributed by atoms with van der Waals surface area (Å²) in [5.41, 5.74) is 2.00. The monoisotopic (exact) mass is 315 g/mol. The molecule has 1 aliphatic heterocycles. The maximum absolute atomic E-state index is 11.9. The molecule has 1 fully saturated rings. The van der Waals surface area contributed by atoms with E-state index < -0.39 is 0 Å². The fraction of sp³-hybridized carbons (Fsp3) is 0.526. The van der Waals surface area contributed by atoms with Crippen LogP contribution in [0.5, 0.6) is 5.75 Å². The van der Waals surface area contributed by atoms with Crippen molar-refractivity contribution in [1.29, 1.82) is 0 Å². The highest BCUT2D eigenvalue weighted by Crippen LogP contribution is 2.29. The molecule has 0 bridgehead atoms. The van der Waals surface area contributed by atoms with Crippen LogP contribution < -0.4 is 5.63 Å². The van der Waals surface area contributed by atoms with Crippen LogP contribution in [0.2, 0.25) is 0 Å². The molecule has 1 saturated heterocycles. The molecule has 124 valence electrons. The van der Waals surface area contributed by atoms with E-state index in [1.54, 1.807) is 12.1 Å². The van der Waals surface area contributed by atoms with Gasteiger partial charge in [-0.2, -0.15) is 0 Å². The minimum Gasteiger partial charge on any atom is -0.508 e. The number of phenolic OH excluding ortho intramolecular Hbond substituents is 1. The third-order valence-corrected chi connectivity index (χ3v) is 4.75. The third-order valence-electron chi connectivity index (χ3n) is 4.75. The summed E-state index contributed by atoms with van der Waals surface area (Å²) in [6, 6.07) is 5.13. The highest BCUT2D eigenvalue weighted by Gasteiger charge is 2.22. The van der Waals surface area contributed by atoms with Gasteiger partial charge in [0, 0.05) is 37.2 Å². The smallest absolute Gasteiger partial charge is 0.336 e. The van der Waals surface area contributed by atoms with Gasteiger partial charge in [-0.05, 0) is 41.9 Å². The molecule has 2 atom stereocenters. The minimum atomic E-state index is -0.353. The second kappa shape index (κ2) is 6.36. The summed E-state index contributed by atoms with van der Waals surface area (Å²) in [4.78, 5) is 14.3. The van der Waals surface area contributed by atoms with Crippen molar-refractivity contribution in [2.75, 3.05) is 13.1 Å². The van der Waals surface area contributed by atoms with Gasteiger partial charge in [-0.1, -0.05) is 20.8 Å². The molecular weight excluding hydrogens is 290 g/mol. The lowest BCUT2D eigenvalue weighted by Gasteiger charge is -2.35. The van der Waals surface area contributed by atoms with Crippen LogP contribution in [-0.2, 0) is 13.0 Å². The highest BCUT2D eigenvalue weighted by molar-refractivity contribution is 5.82. The molecule has 3 rings (SSSR count). The Morgan fingerprint density at radius 3 is 2.52 bits per heavy atom. The van der Waals surface area contributed by atoms with E-state index in [4.69, 9.17) is 4.42 Å². The molecule has 1 N–H and O–H groups in total. The summed E-state index contributed by atoms with van der Waals surface area (Å²) in [6.45, 7) is 9.45. The molecule has 0 unspecified atom stereocenters. The summed E-state index contributed by atoms with van der Waals surface area (Å²) in [5.74, 6) is 1.56. The number of piperidine rings is 1. The Balaban J connectivity index is 2.00. The fourth-order valence-electron chi connectivity index (χ4n) is 3.88. The van der Waals surface area contributed by atoms with Crippen LogP contribution in [0.4, 0.5) is 0 Å². The van der Waals surface area contributed by atoms with E-state index in [2.05, 4.69) is 18.7 Å². The van der Waals surface area contributed by atoms with E-state index in [1.165, 1.54) is 6.42 Å². The number of hydrogen-bond donors (Lipinski definition) is 1. The number of phenols is 1. The van der Waals surface area contributed by atoms with Crippen molar-refractivity contribution in [3.05, 3.63) is 39.7 Å². The Morgan fingerprint density at radius 1 is 1.17 bits per heavy atom. The molecule has 2 aromatic rings. The van der Waals surface area contributed by atoms with Gasteiger partial charge in [-0.3, -0.25) is 4.90 Å². The molecule has 0 radical (unpaired) electrons. The van der Waals surface area contributed by atoms with Gasteiger partial charge in [0.05, 0.1) is 0 Å². The molecular formula is C19H25NO3. The van der Waals surface area contributed by atoms with Crippen LogP contribution in [0.15, 0.2) is 27.4 Å². The summed E-state index contributed by atoms with van der Waals surface area (Å²) in [5, 5.41) is 10.9. The van der Waals surface area contributed by atoms with E-state index in [-0.39, 0.29) is 11.4 Å². The Hall–Kier alpha value is -1.81. The first-order chi connectivity index (χ1) is 11.0. The molecule has 4 heteroatoms. The van der Waals surface area contributed by atoms with Gasteiger partial charge < -0.3 is 9.52 Å². The second-order valence-electron chi connectivity index (χ2n) is 7.06. The average Bonchev–Trinajstić information content (AvgIpc) is 2.45. The number of benzene rings is 1. The number of likely N-dealkylation sites (tertiary alicyclic amines) is 1. The maximum atomic E-state index is 11.9. The molecule has 1 aliphatic rings. The number of nitrogens with zero attached hydrogens (tertiary/aromatic N) is 1. The lowest BCUT2D eigenvalue weighted by molar-refractivity contribution is 0.134. The highest BCUT2D eigenvalue weighted by atomic mass is 16.4. The normalized spacial score (nSPS) is 22.6. The van der Waals surface area contributed by atoms with Gasteiger partial charge in [-0.15, -0.1) is 0 Å². The van der Waals surface area contributed by atoms with Gasteiger partial charge in [0.15, 0.2) is 0 Å². The standard InChI is InChI=1S/C19H25NO3/c1-4-14-6-16-15(7-19(22)23-18(16)8-17(14)21)11-20-9-12(2)5-13(3)10-20/h6-8,12-13,21H,4-5,9-11H2,1-3H3/t12-,13-/m1/s1. The average molecular weight is 315 g/mol. The third kappa shape index (κ3) is 3.42. The molecule has 0 aliphatic carbocycles.